The molecule has 0 aliphatic carbocycles. The van der Waals surface area contributed by atoms with Gasteiger partial charge in [-0.15, -0.1) is 0 Å². The number of ether oxygens (including phenoxy) is 4. The van der Waals surface area contributed by atoms with Crippen molar-refractivity contribution in [3.63, 3.8) is 0 Å². The zero-order chi connectivity index (χ0) is 47.2. The second-order valence-electron chi connectivity index (χ2n) is 16.5. The van der Waals surface area contributed by atoms with Crippen LogP contribution >= 0.6 is 0 Å². The van der Waals surface area contributed by atoms with Crippen molar-refractivity contribution in [2.75, 3.05) is 0 Å². The molecular formula is C52H30N12O6Si. The van der Waals surface area contributed by atoms with Gasteiger partial charge in [-0.05, 0) is 121 Å². The van der Waals surface area contributed by atoms with Crippen LogP contribution in [0.5, 0.6) is 46.0 Å². The maximum Gasteiger partial charge on any atom is 0.597 e. The number of rotatable bonds is 8. The standard InChI is InChI=1S/C52H30N12O6Si/c65-71(66)63-49-39-15-11-31(69-35-7-3-19-55-27-35)23-43(39)51(63)60-46-38-14-10-29(67-33-5-1-17-53-25-33)21-41(38)47(58-46)61-50-40-16-12-32(70-36-8-4-20-56-28-36)24-44(40)52(64(50)71)62-48-42-22-30(68-34-6-2-18-54-26-34)9-13-37(42)45(57-48)59-49/h1-28,65-66H. The smallest absolute Gasteiger partial charge is 0.456 e. The van der Waals surface area contributed by atoms with Gasteiger partial charge in [0, 0.05) is 68.6 Å². The lowest BCUT2D eigenvalue weighted by Crippen LogP contribution is -2.60. The van der Waals surface area contributed by atoms with Crippen LogP contribution in [0.25, 0.3) is 21.5 Å². The van der Waals surface area contributed by atoms with Crippen molar-refractivity contribution < 1.29 is 28.5 Å². The highest BCUT2D eigenvalue weighted by molar-refractivity contribution is 6.63. The summed E-state index contributed by atoms with van der Waals surface area (Å²) in [5.74, 6) is 5.14. The maximum absolute atomic E-state index is 13.5. The Kier molecular flexibility index (Phi) is 8.85. The van der Waals surface area contributed by atoms with E-state index >= 15 is 0 Å². The molecule has 10 heterocycles. The summed E-state index contributed by atoms with van der Waals surface area (Å²) in [7, 11) is -5.27. The van der Waals surface area contributed by atoms with E-state index in [1.165, 1.54) is 8.47 Å². The van der Waals surface area contributed by atoms with Crippen LogP contribution in [0.2, 0.25) is 0 Å². The fourth-order valence-corrected chi connectivity index (χ4v) is 11.0. The second kappa shape index (κ2) is 15.6. The third-order valence-electron chi connectivity index (χ3n) is 12.1. The molecular weight excluding hydrogens is 917 g/mol. The lowest BCUT2D eigenvalue weighted by molar-refractivity contribution is 0.324. The largest absolute Gasteiger partial charge is 0.597 e. The predicted octanol–water partition coefficient (Wildman–Crippen LogP) is 8.11. The van der Waals surface area contributed by atoms with Crippen molar-refractivity contribution in [3.05, 3.63) is 204 Å². The summed E-state index contributed by atoms with van der Waals surface area (Å²) in [5, 5.41) is 1.95. The average Bonchev–Trinajstić information content (AvgIpc) is 4.11. The maximum atomic E-state index is 13.5. The Bertz CT molecular complexity index is 4150. The molecule has 18 nitrogen and oxygen atoms in total. The summed E-state index contributed by atoms with van der Waals surface area (Å²) in [6, 6.07) is 36.0. The van der Waals surface area contributed by atoms with Crippen molar-refractivity contribution in [2.45, 2.75) is 0 Å². The summed E-state index contributed by atoms with van der Waals surface area (Å²) in [5.41, 5.74) is 2.70. The molecule has 19 heteroatoms. The summed E-state index contributed by atoms with van der Waals surface area (Å²) < 4.78 is 27.9. The minimum Gasteiger partial charge on any atom is -0.456 e. The number of aliphatic imine (C=N–C) groups is 4. The fraction of sp³-hybridized carbons (Fsp3) is 0. The lowest BCUT2D eigenvalue weighted by Gasteiger charge is -2.23. The first-order valence-corrected chi connectivity index (χ1v) is 23.9. The molecule has 4 aromatic carbocycles. The van der Waals surface area contributed by atoms with Crippen molar-refractivity contribution in [1.29, 1.82) is 0 Å². The first-order chi connectivity index (χ1) is 34.9. The van der Waals surface area contributed by atoms with E-state index in [1.807, 2.05) is 42.5 Å². The molecule has 71 heavy (non-hydrogen) atoms. The Hall–Kier alpha value is -9.82. The highest BCUT2D eigenvalue weighted by atomic mass is 28.4. The van der Waals surface area contributed by atoms with Gasteiger partial charge in [-0.1, -0.05) is 0 Å². The first-order valence-electron chi connectivity index (χ1n) is 22.1. The molecule has 4 aliphatic rings. The molecule has 6 aromatic heterocycles. The molecule has 0 unspecified atom stereocenters. The van der Waals surface area contributed by atoms with E-state index in [0.717, 1.165) is 0 Å². The molecule has 4 aliphatic heterocycles. The van der Waals surface area contributed by atoms with Gasteiger partial charge >= 0.3 is 8.88 Å². The molecule has 0 spiro atoms. The minimum atomic E-state index is -5.27. The molecule has 0 saturated carbocycles. The number of hydrogen-bond donors (Lipinski definition) is 2. The number of amidine groups is 4. The SMILES string of the molecule is O[Si]1(O)n2c3c4cc(Oc5cccnc5)ccc4c2N=C2N=C(N=c4c5cc(Oc6cccnc6)ccc5c(n41)=NC1=NC(=N3)c3cc(Oc4cccnc4)ccc31)c1ccc(Oc3cccnc3)cc12. The zero-order valence-electron chi connectivity index (χ0n) is 36.6. The number of nitrogens with zero attached hydrogens (tertiary/aromatic N) is 12. The Balaban J connectivity index is 1.09. The summed E-state index contributed by atoms with van der Waals surface area (Å²) >= 11 is 0. The van der Waals surface area contributed by atoms with Gasteiger partial charge in [-0.25, -0.2) is 30.0 Å². The highest BCUT2D eigenvalue weighted by Gasteiger charge is 2.47. The van der Waals surface area contributed by atoms with E-state index in [1.54, 1.807) is 128 Å². The molecule has 0 atom stereocenters. The van der Waals surface area contributed by atoms with Crippen LogP contribution in [0.15, 0.2) is 201 Å². The molecule has 6 bridgehead atoms. The molecule has 0 radical (unpaired) electrons. The van der Waals surface area contributed by atoms with Crippen molar-refractivity contribution in [2.24, 2.45) is 30.0 Å². The number of hydrogen-bond acceptors (Lipinski definition) is 16. The number of fused-ring (bicyclic) bond motifs is 14. The van der Waals surface area contributed by atoms with Crippen LogP contribution in [-0.2, 0) is 0 Å². The van der Waals surface area contributed by atoms with E-state index < -0.39 is 8.88 Å². The van der Waals surface area contributed by atoms with E-state index in [-0.39, 0.29) is 46.0 Å². The van der Waals surface area contributed by atoms with Gasteiger partial charge in [-0.2, -0.15) is 0 Å². The van der Waals surface area contributed by atoms with Gasteiger partial charge in [0.2, 0.25) is 0 Å². The third kappa shape index (κ3) is 6.71. The summed E-state index contributed by atoms with van der Waals surface area (Å²) in [4.78, 5) is 75.1. The minimum absolute atomic E-state index is 0.117. The Morgan fingerprint density at radius 1 is 0.338 bits per heavy atom. The van der Waals surface area contributed by atoms with Gasteiger partial charge in [0.05, 0.1) is 24.8 Å². The van der Waals surface area contributed by atoms with Gasteiger partial charge in [0.25, 0.3) is 0 Å². The van der Waals surface area contributed by atoms with Gasteiger partial charge in [-0.3, -0.25) is 28.4 Å². The van der Waals surface area contributed by atoms with Crippen LogP contribution in [0.4, 0.5) is 11.6 Å². The van der Waals surface area contributed by atoms with Crippen LogP contribution in [0.3, 0.4) is 0 Å². The molecule has 14 rings (SSSR count). The zero-order valence-corrected chi connectivity index (χ0v) is 37.6. The molecule has 10 aromatic rings. The molecule has 2 N–H and O–H groups in total. The van der Waals surface area contributed by atoms with Crippen molar-refractivity contribution >= 4 is 65.4 Å². The molecule has 0 amide bonds. The normalized spacial score (nSPS) is 14.5. The lowest BCUT2D eigenvalue weighted by atomic mass is 10.1. The van der Waals surface area contributed by atoms with Crippen LogP contribution < -0.4 is 29.9 Å². The topological polar surface area (TPSA) is 213 Å². The molecule has 0 saturated heterocycles. The van der Waals surface area contributed by atoms with Crippen molar-refractivity contribution in [1.82, 2.24) is 28.4 Å². The van der Waals surface area contributed by atoms with E-state index in [4.69, 9.17) is 48.9 Å². The average molecular weight is 947 g/mol. The predicted molar refractivity (Wildman–Crippen MR) is 263 cm³/mol. The van der Waals surface area contributed by atoms with E-state index in [0.29, 0.717) is 89.8 Å². The van der Waals surface area contributed by atoms with Crippen LogP contribution in [-0.4, -0.2) is 70.2 Å². The van der Waals surface area contributed by atoms with Gasteiger partial charge in [0.15, 0.2) is 23.3 Å². The molecule has 0 fully saturated rings. The van der Waals surface area contributed by atoms with Crippen LogP contribution in [0.1, 0.15) is 22.3 Å². The monoisotopic (exact) mass is 946 g/mol. The Labute approximate surface area is 401 Å². The van der Waals surface area contributed by atoms with Gasteiger partial charge < -0.3 is 28.5 Å². The van der Waals surface area contributed by atoms with E-state index in [9.17, 15) is 9.59 Å². The van der Waals surface area contributed by atoms with E-state index in [2.05, 4.69) is 19.9 Å². The second-order valence-corrected chi connectivity index (χ2v) is 18.6. The molecule has 338 valence electrons. The highest BCUT2D eigenvalue weighted by Crippen LogP contribution is 2.45. The Morgan fingerprint density at radius 2 is 0.732 bits per heavy atom. The summed E-state index contributed by atoms with van der Waals surface area (Å²) in [6.45, 7) is 0. The fourth-order valence-electron chi connectivity index (χ4n) is 9.02. The summed E-state index contributed by atoms with van der Waals surface area (Å²) in [6.07, 6.45) is 13.1. The Morgan fingerprint density at radius 3 is 1.20 bits per heavy atom. The third-order valence-corrected chi connectivity index (χ3v) is 14.1. The number of pyridine rings is 4. The first kappa shape index (κ1) is 40.3. The number of aromatic nitrogens is 6. The number of benzene rings is 4. The van der Waals surface area contributed by atoms with Crippen molar-refractivity contribution in [3.8, 4) is 46.0 Å². The van der Waals surface area contributed by atoms with Crippen LogP contribution in [0, 0.1) is 0 Å². The quantitative estimate of drug-likeness (QED) is 0.140. The van der Waals surface area contributed by atoms with Gasteiger partial charge in [0.1, 0.15) is 68.6 Å².